The van der Waals surface area contributed by atoms with Gasteiger partial charge in [0, 0.05) is 6.92 Å². The Balaban J connectivity index is 2.18. The molecule has 0 unspecified atom stereocenters. The predicted molar refractivity (Wildman–Crippen MR) is 79.2 cm³/mol. The van der Waals surface area contributed by atoms with E-state index in [0.717, 1.165) is 10.4 Å². The van der Waals surface area contributed by atoms with Crippen molar-refractivity contribution in [3.8, 4) is 26.9 Å². The standard InChI is InChI=1S/C13H9ClN4O2S/c1-7(19)20-10-9(14)11(8-5-3-2-4-6-8)21-12(10)13-15-17-18-16-13/h2-6H,1H3,(H,15,16,17,18). The van der Waals surface area contributed by atoms with Gasteiger partial charge in [0.05, 0.1) is 4.88 Å². The van der Waals surface area contributed by atoms with Gasteiger partial charge in [-0.15, -0.1) is 21.5 Å². The van der Waals surface area contributed by atoms with E-state index >= 15 is 0 Å². The normalized spacial score (nSPS) is 10.6. The smallest absolute Gasteiger partial charge is 0.308 e. The summed E-state index contributed by atoms with van der Waals surface area (Å²) in [4.78, 5) is 12.6. The molecule has 0 aliphatic rings. The SMILES string of the molecule is CC(=O)Oc1c(-c2nn[nH]n2)sc(-c2ccccc2)c1Cl. The van der Waals surface area contributed by atoms with Crippen LogP contribution in [0.5, 0.6) is 5.75 Å². The molecular weight excluding hydrogens is 312 g/mol. The fourth-order valence-corrected chi connectivity index (χ4v) is 3.28. The quantitative estimate of drug-likeness (QED) is 0.750. The predicted octanol–water partition coefficient (Wildman–Crippen LogP) is 3.17. The summed E-state index contributed by atoms with van der Waals surface area (Å²) < 4.78 is 5.22. The van der Waals surface area contributed by atoms with Gasteiger partial charge in [0.2, 0.25) is 5.82 Å². The number of benzene rings is 1. The van der Waals surface area contributed by atoms with Crippen LogP contribution in [0.1, 0.15) is 6.92 Å². The molecule has 106 valence electrons. The molecule has 2 aromatic heterocycles. The van der Waals surface area contributed by atoms with Gasteiger partial charge >= 0.3 is 5.97 Å². The highest BCUT2D eigenvalue weighted by atomic mass is 35.5. The van der Waals surface area contributed by atoms with E-state index in [-0.39, 0.29) is 5.75 Å². The van der Waals surface area contributed by atoms with E-state index in [2.05, 4.69) is 20.6 Å². The second-order valence-electron chi connectivity index (χ2n) is 4.10. The average molecular weight is 321 g/mol. The first kappa shape index (κ1) is 13.7. The lowest BCUT2D eigenvalue weighted by Crippen LogP contribution is -2.02. The number of ether oxygens (including phenoxy) is 1. The van der Waals surface area contributed by atoms with Crippen molar-refractivity contribution >= 4 is 28.9 Å². The van der Waals surface area contributed by atoms with Crippen molar-refractivity contribution in [3.63, 3.8) is 0 Å². The molecule has 3 rings (SSSR count). The molecule has 21 heavy (non-hydrogen) atoms. The van der Waals surface area contributed by atoms with E-state index in [1.54, 1.807) is 0 Å². The lowest BCUT2D eigenvalue weighted by molar-refractivity contribution is -0.131. The molecule has 1 N–H and O–H groups in total. The number of rotatable bonds is 3. The van der Waals surface area contributed by atoms with Crippen LogP contribution in [-0.2, 0) is 4.79 Å². The second-order valence-corrected chi connectivity index (χ2v) is 5.50. The fraction of sp³-hybridized carbons (Fsp3) is 0.0769. The highest BCUT2D eigenvalue weighted by Gasteiger charge is 2.24. The van der Waals surface area contributed by atoms with Gasteiger partial charge in [0.1, 0.15) is 9.90 Å². The molecule has 0 saturated heterocycles. The monoisotopic (exact) mass is 320 g/mol. The number of hydrogen-bond acceptors (Lipinski definition) is 6. The molecule has 0 saturated carbocycles. The summed E-state index contributed by atoms with van der Waals surface area (Å²) in [5.74, 6) is 0.133. The molecule has 6 nitrogen and oxygen atoms in total. The number of aromatic amines is 1. The number of hydrogen-bond donors (Lipinski definition) is 1. The topological polar surface area (TPSA) is 80.8 Å². The molecule has 0 aliphatic carbocycles. The van der Waals surface area contributed by atoms with E-state index in [0.29, 0.717) is 15.7 Å². The maximum Gasteiger partial charge on any atom is 0.308 e. The molecule has 0 spiro atoms. The van der Waals surface area contributed by atoms with Crippen molar-refractivity contribution in [2.75, 3.05) is 0 Å². The summed E-state index contributed by atoms with van der Waals surface area (Å²) in [5, 5.41) is 14.1. The van der Waals surface area contributed by atoms with Gasteiger partial charge in [-0.2, -0.15) is 5.21 Å². The summed E-state index contributed by atoms with van der Waals surface area (Å²) in [6, 6.07) is 9.58. The van der Waals surface area contributed by atoms with Gasteiger partial charge in [-0.25, -0.2) is 0 Å². The number of aromatic nitrogens is 4. The molecule has 8 heteroatoms. The Hall–Kier alpha value is -2.25. The first-order valence-corrected chi connectivity index (χ1v) is 7.16. The Morgan fingerprint density at radius 2 is 2.05 bits per heavy atom. The van der Waals surface area contributed by atoms with E-state index in [9.17, 15) is 4.79 Å². The fourth-order valence-electron chi connectivity index (χ4n) is 1.81. The van der Waals surface area contributed by atoms with Crippen LogP contribution in [0.3, 0.4) is 0 Å². The van der Waals surface area contributed by atoms with Gasteiger partial charge in [0.25, 0.3) is 0 Å². The summed E-state index contributed by atoms with van der Waals surface area (Å²) >= 11 is 7.72. The van der Waals surface area contributed by atoms with Crippen LogP contribution in [0.2, 0.25) is 5.02 Å². The summed E-state index contributed by atoms with van der Waals surface area (Å²) in [5.41, 5.74) is 0.927. The van der Waals surface area contributed by atoms with Crippen LogP contribution in [0, 0.1) is 0 Å². The van der Waals surface area contributed by atoms with Crippen molar-refractivity contribution < 1.29 is 9.53 Å². The van der Waals surface area contributed by atoms with Crippen LogP contribution in [0.4, 0.5) is 0 Å². The van der Waals surface area contributed by atoms with Crippen LogP contribution in [0.15, 0.2) is 30.3 Å². The Labute approximate surface area is 128 Å². The maximum atomic E-state index is 11.3. The number of carbonyl (C=O) groups is 1. The number of nitrogens with one attached hydrogen (secondary N) is 1. The first-order chi connectivity index (χ1) is 10.2. The zero-order valence-corrected chi connectivity index (χ0v) is 12.4. The Bertz CT molecular complexity index is 771. The van der Waals surface area contributed by atoms with Crippen molar-refractivity contribution in [3.05, 3.63) is 35.4 Å². The third-order valence-electron chi connectivity index (χ3n) is 2.64. The van der Waals surface area contributed by atoms with E-state index in [1.807, 2.05) is 30.3 Å². The Morgan fingerprint density at radius 1 is 1.29 bits per heavy atom. The summed E-state index contributed by atoms with van der Waals surface area (Å²) in [6.07, 6.45) is 0. The number of tetrazole rings is 1. The number of H-pyrrole nitrogens is 1. The first-order valence-electron chi connectivity index (χ1n) is 5.96. The molecule has 0 radical (unpaired) electrons. The second kappa shape index (κ2) is 5.63. The molecule has 0 aliphatic heterocycles. The van der Waals surface area contributed by atoms with Gasteiger partial charge in [-0.1, -0.05) is 41.9 Å². The summed E-state index contributed by atoms with van der Waals surface area (Å²) in [7, 11) is 0. The number of halogens is 1. The van der Waals surface area contributed by atoms with Crippen LogP contribution >= 0.6 is 22.9 Å². The highest BCUT2D eigenvalue weighted by Crippen LogP contribution is 2.49. The lowest BCUT2D eigenvalue weighted by Gasteiger charge is -2.01. The molecule has 0 bridgehead atoms. The molecule has 1 aromatic carbocycles. The zero-order chi connectivity index (χ0) is 14.8. The summed E-state index contributed by atoms with van der Waals surface area (Å²) in [6.45, 7) is 1.32. The molecule has 2 heterocycles. The molecule has 0 atom stereocenters. The van der Waals surface area contributed by atoms with Gasteiger partial charge in [-0.3, -0.25) is 4.79 Å². The van der Waals surface area contributed by atoms with Crippen molar-refractivity contribution in [2.24, 2.45) is 0 Å². The van der Waals surface area contributed by atoms with E-state index < -0.39 is 5.97 Å². The molecule has 0 fully saturated rings. The van der Waals surface area contributed by atoms with Crippen LogP contribution in [0.25, 0.3) is 21.1 Å². The highest BCUT2D eigenvalue weighted by molar-refractivity contribution is 7.20. The average Bonchev–Trinajstić information content (AvgIpc) is 3.09. The van der Waals surface area contributed by atoms with Crippen molar-refractivity contribution in [1.82, 2.24) is 20.6 Å². The van der Waals surface area contributed by atoms with E-state index in [1.165, 1.54) is 18.3 Å². The molecular formula is C13H9ClN4O2S. The van der Waals surface area contributed by atoms with Crippen LogP contribution < -0.4 is 4.74 Å². The number of carbonyl (C=O) groups excluding carboxylic acids is 1. The number of esters is 1. The lowest BCUT2D eigenvalue weighted by atomic mass is 10.2. The Kier molecular flexibility index (Phi) is 3.68. The minimum Gasteiger partial charge on any atom is -0.423 e. The van der Waals surface area contributed by atoms with Gasteiger partial charge in [-0.05, 0) is 10.8 Å². The maximum absolute atomic E-state index is 11.3. The van der Waals surface area contributed by atoms with Gasteiger partial charge < -0.3 is 4.74 Å². The third kappa shape index (κ3) is 2.65. The van der Waals surface area contributed by atoms with Crippen molar-refractivity contribution in [1.29, 1.82) is 0 Å². The van der Waals surface area contributed by atoms with Crippen molar-refractivity contribution in [2.45, 2.75) is 6.92 Å². The zero-order valence-electron chi connectivity index (χ0n) is 10.8. The number of thiophene rings is 1. The third-order valence-corrected chi connectivity index (χ3v) is 4.33. The Morgan fingerprint density at radius 3 is 2.67 bits per heavy atom. The molecule has 0 amide bonds. The minimum atomic E-state index is -0.459. The largest absolute Gasteiger partial charge is 0.423 e. The van der Waals surface area contributed by atoms with Crippen LogP contribution in [-0.4, -0.2) is 26.6 Å². The van der Waals surface area contributed by atoms with Gasteiger partial charge in [0.15, 0.2) is 5.75 Å². The van der Waals surface area contributed by atoms with E-state index in [4.69, 9.17) is 16.3 Å². The minimum absolute atomic E-state index is 0.259. The molecule has 3 aromatic rings. The number of nitrogens with zero attached hydrogens (tertiary/aromatic N) is 3.